The molecule has 3 N–H and O–H groups in total. The Bertz CT molecular complexity index is 2640. The summed E-state index contributed by atoms with van der Waals surface area (Å²) >= 11 is 0. The first kappa shape index (κ1) is 44.3. The molecule has 5 aliphatic rings. The van der Waals surface area contributed by atoms with Crippen LogP contribution in [0.15, 0.2) is 54.7 Å². The molecule has 1 aliphatic carbocycles. The first-order chi connectivity index (χ1) is 31.8. The maximum atomic E-state index is 17.1. The minimum atomic E-state index is -0.957. The largest absolute Gasteiger partial charge is 0.508 e. The highest BCUT2D eigenvalue weighted by molar-refractivity contribution is 6.02. The number of hydrogen-bond acceptors (Lipinski definition) is 12. The number of imide groups is 1. The summed E-state index contributed by atoms with van der Waals surface area (Å²) in [5.74, 6) is -0.773. The fourth-order valence-electron chi connectivity index (χ4n) is 11.0. The number of piperidine rings is 3. The third kappa shape index (κ3) is 9.13. The van der Waals surface area contributed by atoms with Gasteiger partial charge >= 0.3 is 6.01 Å². The normalized spacial score (nSPS) is 23.1. The van der Waals surface area contributed by atoms with Gasteiger partial charge in [0.05, 0.1) is 23.5 Å². The van der Waals surface area contributed by atoms with Gasteiger partial charge in [0, 0.05) is 81.6 Å². The molecule has 5 fully saturated rings. The van der Waals surface area contributed by atoms with E-state index in [0.717, 1.165) is 90.0 Å². The molecule has 6 heterocycles. The number of aromatic hydroxyl groups is 1. The molecule has 2 amide bonds. The van der Waals surface area contributed by atoms with E-state index in [9.17, 15) is 19.8 Å². The van der Waals surface area contributed by atoms with Gasteiger partial charge in [0.2, 0.25) is 11.8 Å². The van der Waals surface area contributed by atoms with Gasteiger partial charge in [-0.1, -0.05) is 25.1 Å². The maximum Gasteiger partial charge on any atom is 0.319 e. The number of carbonyl (C=O) groups excluding carboxylic acids is 2. The second-order valence-corrected chi connectivity index (χ2v) is 19.9. The number of benzene rings is 3. The van der Waals surface area contributed by atoms with E-state index in [4.69, 9.17) is 9.72 Å². The second-order valence-electron chi connectivity index (χ2n) is 19.9. The van der Waals surface area contributed by atoms with Gasteiger partial charge in [-0.2, -0.15) is 9.97 Å². The van der Waals surface area contributed by atoms with Crippen LogP contribution < -0.4 is 19.9 Å². The van der Waals surface area contributed by atoms with E-state index in [1.807, 2.05) is 24.0 Å². The van der Waals surface area contributed by atoms with Crippen LogP contribution in [0.2, 0.25) is 0 Å². The quantitative estimate of drug-likeness (QED) is 0.111. The zero-order valence-corrected chi connectivity index (χ0v) is 38.0. The number of ether oxygens (including phenoxy) is 1. The minimum absolute atomic E-state index is 0.0187. The lowest BCUT2D eigenvalue weighted by Crippen LogP contribution is -2.49. The lowest BCUT2D eigenvalue weighted by molar-refractivity contribution is -0.134. The number of fused-ring (bicyclic) bond motifs is 2. The fraction of sp³-hybridized carbons (Fsp3) is 0.510. The first-order valence-corrected chi connectivity index (χ1v) is 23.9. The first-order valence-electron chi connectivity index (χ1n) is 23.9. The third-order valence-electron chi connectivity index (χ3n) is 14.9. The number of aliphatic hydroxyl groups is 1. The number of likely N-dealkylation sites (tertiary alicyclic amines) is 1. The Labute approximate surface area is 384 Å². The van der Waals surface area contributed by atoms with Crippen molar-refractivity contribution in [1.29, 1.82) is 0 Å². The number of β-amino-alcohol motifs (C(OH)–C–C–N with tert-alkyl or cyclic N) is 1. The number of carbonyl (C=O) groups is 2. The number of aromatic nitrogens is 3. The van der Waals surface area contributed by atoms with Gasteiger partial charge in [0.15, 0.2) is 5.82 Å². The minimum Gasteiger partial charge on any atom is -0.508 e. The van der Waals surface area contributed by atoms with Crippen LogP contribution in [0, 0.1) is 23.0 Å². The van der Waals surface area contributed by atoms with Crippen molar-refractivity contribution in [2.24, 2.45) is 11.3 Å². The molecule has 1 saturated carbocycles. The molecule has 4 aliphatic heterocycles. The molecule has 2 aromatic heterocycles. The van der Waals surface area contributed by atoms with Crippen LogP contribution in [0.3, 0.4) is 0 Å². The summed E-state index contributed by atoms with van der Waals surface area (Å²) in [6, 6.07) is 14.3. The zero-order chi connectivity index (χ0) is 45.7. The van der Waals surface area contributed by atoms with Crippen LogP contribution in [-0.4, -0.2) is 124 Å². The van der Waals surface area contributed by atoms with Crippen molar-refractivity contribution in [3.63, 3.8) is 0 Å². The number of rotatable bonds is 12. The van der Waals surface area contributed by atoms with E-state index in [1.54, 1.807) is 19.1 Å². The number of phenolic OH excluding ortho intramolecular Hbond substituents is 1. The summed E-state index contributed by atoms with van der Waals surface area (Å²) in [6.45, 7) is 13.0. The molecule has 4 saturated heterocycles. The second kappa shape index (κ2) is 17.9. The number of anilines is 2. The van der Waals surface area contributed by atoms with Crippen molar-refractivity contribution in [3.8, 4) is 23.0 Å². The smallest absolute Gasteiger partial charge is 0.319 e. The van der Waals surface area contributed by atoms with E-state index >= 15 is 8.78 Å². The van der Waals surface area contributed by atoms with Gasteiger partial charge in [0.1, 0.15) is 28.6 Å². The molecule has 1 unspecified atom stereocenters. The van der Waals surface area contributed by atoms with E-state index in [1.165, 1.54) is 24.0 Å². The molecule has 10 rings (SSSR count). The molecule has 15 heteroatoms. The van der Waals surface area contributed by atoms with E-state index < -0.39 is 17.2 Å². The molecule has 0 spiro atoms. The van der Waals surface area contributed by atoms with Crippen molar-refractivity contribution in [3.05, 3.63) is 77.5 Å². The highest BCUT2D eigenvalue weighted by Crippen LogP contribution is 2.47. The standard InChI is InChI=1S/C51H60F2N8O5/c1-3-37-41(52)11-7-34-25-36(62)26-39(43(34)37)45-44(53)46-40(27-54-45)47(61-18-4-15-50(2,65)29-61)57-49(56-46)66-31-51(16-17-51)30-59-19-13-32(14-20-59)28-58-21-23-60(24-22-58)35-8-5-33(6-9-35)38-10-12-42(63)55-48(38)64/h5-9,11,25-27,32,38,62,65H,3-4,10,12-24,28-31H2,1-2H3,(H,55,63,64)/t38?,50-/m1/s1. The number of pyridine rings is 1. The van der Waals surface area contributed by atoms with Gasteiger partial charge in [-0.15, -0.1) is 0 Å². The number of nitrogens with one attached hydrogen (secondary N) is 1. The SMILES string of the molecule is CCc1c(F)ccc2cc(O)cc(-c3ncc4c(N5CCC[C@@](C)(O)C5)nc(OCC5(CN6CCC(CN7CCN(c8ccc(C9CCC(=O)NC9=O)cc8)CC7)CC6)CC5)nc4c3F)c12. The molecule has 5 aromatic rings. The Kier molecular flexibility index (Phi) is 12.1. The molecule has 348 valence electrons. The number of halogens is 2. The van der Waals surface area contributed by atoms with Gasteiger partial charge in [-0.3, -0.25) is 24.8 Å². The van der Waals surface area contributed by atoms with Gasteiger partial charge in [-0.25, -0.2) is 8.78 Å². The maximum absolute atomic E-state index is 17.1. The Morgan fingerprint density at radius 1 is 0.894 bits per heavy atom. The molecule has 0 bridgehead atoms. The van der Waals surface area contributed by atoms with Crippen molar-refractivity contribution in [2.75, 3.05) is 81.9 Å². The molecule has 2 atom stereocenters. The number of hydrogen-bond donors (Lipinski definition) is 3. The van der Waals surface area contributed by atoms with Crippen LogP contribution in [0.25, 0.3) is 32.9 Å². The fourth-order valence-corrected chi connectivity index (χ4v) is 11.0. The van der Waals surface area contributed by atoms with Crippen LogP contribution in [0.5, 0.6) is 11.8 Å². The summed E-state index contributed by atoms with van der Waals surface area (Å²) in [7, 11) is 0. The summed E-state index contributed by atoms with van der Waals surface area (Å²) in [5, 5.41) is 25.7. The lowest BCUT2D eigenvalue weighted by Gasteiger charge is -2.40. The van der Waals surface area contributed by atoms with Crippen LogP contribution in [0.4, 0.5) is 20.3 Å². The highest BCUT2D eigenvalue weighted by atomic mass is 19.1. The monoisotopic (exact) mass is 902 g/mol. The summed E-state index contributed by atoms with van der Waals surface area (Å²) < 4.78 is 38.7. The topological polar surface area (TPSA) is 147 Å². The predicted molar refractivity (Wildman–Crippen MR) is 250 cm³/mol. The molecule has 3 aromatic carbocycles. The Morgan fingerprint density at radius 2 is 1.67 bits per heavy atom. The molecule has 0 radical (unpaired) electrons. The molecule has 13 nitrogen and oxygen atoms in total. The zero-order valence-electron chi connectivity index (χ0n) is 38.0. The van der Waals surface area contributed by atoms with Crippen LogP contribution in [0.1, 0.15) is 82.3 Å². The molecule has 66 heavy (non-hydrogen) atoms. The Hall–Kier alpha value is -5.51. The lowest BCUT2D eigenvalue weighted by atomic mass is 9.90. The average Bonchev–Trinajstić information content (AvgIpc) is 4.08. The predicted octanol–water partition coefficient (Wildman–Crippen LogP) is 6.96. The molecular formula is C51H60F2N8O5. The van der Waals surface area contributed by atoms with Crippen molar-refractivity contribution < 1.29 is 33.3 Å². The number of phenols is 1. The highest BCUT2D eigenvalue weighted by Gasteiger charge is 2.46. The van der Waals surface area contributed by atoms with Gasteiger partial charge in [0.25, 0.3) is 0 Å². The Morgan fingerprint density at radius 3 is 2.38 bits per heavy atom. The van der Waals surface area contributed by atoms with Gasteiger partial charge in [-0.05, 0) is 130 Å². The third-order valence-corrected chi connectivity index (χ3v) is 14.9. The number of amides is 2. The van der Waals surface area contributed by atoms with E-state index in [0.29, 0.717) is 78.8 Å². The number of nitrogens with zero attached hydrogens (tertiary/aromatic N) is 7. The van der Waals surface area contributed by atoms with Crippen molar-refractivity contribution in [1.82, 2.24) is 30.1 Å². The number of aryl methyl sites for hydroxylation is 1. The van der Waals surface area contributed by atoms with Crippen LogP contribution in [-0.2, 0) is 16.0 Å². The summed E-state index contributed by atoms with van der Waals surface area (Å²) in [6.07, 6.45) is 8.54. The van der Waals surface area contributed by atoms with E-state index in [2.05, 4.69) is 42.1 Å². The average molecular weight is 903 g/mol. The van der Waals surface area contributed by atoms with Gasteiger partial charge < -0.3 is 29.6 Å². The van der Waals surface area contributed by atoms with Crippen molar-refractivity contribution in [2.45, 2.75) is 83.2 Å². The summed E-state index contributed by atoms with van der Waals surface area (Å²) in [4.78, 5) is 47.6. The number of piperazine rings is 1. The van der Waals surface area contributed by atoms with Crippen LogP contribution >= 0.6 is 0 Å². The van der Waals surface area contributed by atoms with E-state index in [-0.39, 0.29) is 51.7 Å². The molecular weight excluding hydrogens is 843 g/mol. The Balaban J connectivity index is 0.784. The van der Waals surface area contributed by atoms with Crippen molar-refractivity contribution >= 4 is 45.0 Å². The summed E-state index contributed by atoms with van der Waals surface area (Å²) in [5.41, 5.74) is 1.79.